The average molecular weight is 497 g/mol. The highest BCUT2D eigenvalue weighted by Gasteiger charge is 2.42. The van der Waals surface area contributed by atoms with E-state index < -0.39 is 6.04 Å². The first-order valence-corrected chi connectivity index (χ1v) is 11.8. The molecule has 1 fully saturated rings. The van der Waals surface area contributed by atoms with Crippen molar-refractivity contribution in [3.8, 4) is 0 Å². The Bertz CT molecular complexity index is 1220. The Kier molecular flexibility index (Phi) is 5.88. The summed E-state index contributed by atoms with van der Waals surface area (Å²) in [7, 11) is 0. The lowest BCUT2D eigenvalue weighted by molar-refractivity contribution is 0.0353. The molecule has 2 aliphatic heterocycles. The molecule has 3 heterocycles. The van der Waals surface area contributed by atoms with Gasteiger partial charge < -0.3 is 14.1 Å². The van der Waals surface area contributed by atoms with Gasteiger partial charge in [0.15, 0.2) is 5.43 Å². The second-order valence-electron chi connectivity index (χ2n) is 8.43. The standard InChI is InChI=1S/C25H25BrN2O4/c1-16-3-8-20-19(15-16)23(29)21-22(17-4-6-18(26)7-5-17)28(25(30)24(21)32-20)10-2-9-27-11-13-31-14-12-27/h3-8,15,22H,2,9-14H2,1H3/t22-/m0/s1. The van der Waals surface area contributed by atoms with E-state index in [0.29, 0.717) is 23.1 Å². The molecule has 1 amide bonds. The fourth-order valence-corrected chi connectivity index (χ4v) is 4.91. The van der Waals surface area contributed by atoms with Gasteiger partial charge in [-0.3, -0.25) is 14.5 Å². The van der Waals surface area contributed by atoms with E-state index in [1.165, 1.54) is 0 Å². The molecule has 0 aliphatic carbocycles. The maximum absolute atomic E-state index is 13.6. The zero-order valence-electron chi connectivity index (χ0n) is 18.0. The minimum atomic E-state index is -0.448. The number of morpholine rings is 1. The van der Waals surface area contributed by atoms with Gasteiger partial charge in [-0.15, -0.1) is 0 Å². The molecule has 2 aromatic carbocycles. The normalized spacial score (nSPS) is 19.0. The molecule has 3 aromatic rings. The summed E-state index contributed by atoms with van der Waals surface area (Å²) in [5.41, 5.74) is 2.67. The van der Waals surface area contributed by atoms with Crippen LogP contribution in [0, 0.1) is 6.92 Å². The molecule has 0 unspecified atom stereocenters. The van der Waals surface area contributed by atoms with Crippen molar-refractivity contribution in [1.82, 2.24) is 9.80 Å². The van der Waals surface area contributed by atoms with E-state index in [9.17, 15) is 9.59 Å². The Hall–Kier alpha value is -2.48. The molecule has 0 spiro atoms. The molecular formula is C25H25BrN2O4. The molecule has 2 aliphatic rings. The number of aryl methyl sites for hydroxylation is 1. The van der Waals surface area contributed by atoms with Gasteiger partial charge in [-0.1, -0.05) is 39.7 Å². The molecule has 0 bridgehead atoms. The highest BCUT2D eigenvalue weighted by atomic mass is 79.9. The fraction of sp³-hybridized carbons (Fsp3) is 0.360. The van der Waals surface area contributed by atoms with E-state index in [4.69, 9.17) is 9.15 Å². The third-order valence-electron chi connectivity index (χ3n) is 6.28. The Labute approximate surface area is 194 Å². The number of carbonyl (C=O) groups excluding carboxylic acids is 1. The van der Waals surface area contributed by atoms with Gasteiger partial charge in [-0.05, 0) is 43.2 Å². The number of hydrogen-bond acceptors (Lipinski definition) is 5. The second-order valence-corrected chi connectivity index (χ2v) is 9.35. The maximum atomic E-state index is 13.6. The topological polar surface area (TPSA) is 63.0 Å². The largest absolute Gasteiger partial charge is 0.450 e. The summed E-state index contributed by atoms with van der Waals surface area (Å²) < 4.78 is 12.4. The molecular weight excluding hydrogens is 472 g/mol. The maximum Gasteiger partial charge on any atom is 0.290 e. The number of hydrogen-bond donors (Lipinski definition) is 0. The minimum Gasteiger partial charge on any atom is -0.450 e. The summed E-state index contributed by atoms with van der Waals surface area (Å²) in [4.78, 5) is 31.2. The zero-order valence-corrected chi connectivity index (χ0v) is 19.6. The van der Waals surface area contributed by atoms with Crippen molar-refractivity contribution in [3.63, 3.8) is 0 Å². The van der Waals surface area contributed by atoms with Crippen LogP contribution in [0.2, 0.25) is 0 Å². The molecule has 0 saturated carbocycles. The molecule has 5 rings (SSSR count). The Morgan fingerprint density at radius 2 is 1.78 bits per heavy atom. The SMILES string of the molecule is Cc1ccc2oc3c(c(=O)c2c1)[C@H](c1ccc(Br)cc1)N(CCCN1CCOCC1)C3=O. The highest BCUT2D eigenvalue weighted by Crippen LogP contribution is 2.38. The van der Waals surface area contributed by atoms with E-state index in [-0.39, 0.29) is 17.1 Å². The first-order chi connectivity index (χ1) is 15.5. The van der Waals surface area contributed by atoms with Gasteiger partial charge in [0.25, 0.3) is 5.91 Å². The number of nitrogens with zero attached hydrogens (tertiary/aromatic N) is 2. The van der Waals surface area contributed by atoms with Crippen LogP contribution in [-0.4, -0.2) is 55.1 Å². The summed E-state index contributed by atoms with van der Waals surface area (Å²) in [6, 6.07) is 12.9. The van der Waals surface area contributed by atoms with Gasteiger partial charge in [0, 0.05) is 30.7 Å². The number of fused-ring (bicyclic) bond motifs is 2. The van der Waals surface area contributed by atoms with Gasteiger partial charge >= 0.3 is 0 Å². The van der Waals surface area contributed by atoms with Crippen molar-refractivity contribution in [2.45, 2.75) is 19.4 Å². The van der Waals surface area contributed by atoms with E-state index >= 15 is 0 Å². The number of carbonyl (C=O) groups is 1. The molecule has 1 atom stereocenters. The van der Waals surface area contributed by atoms with Crippen LogP contribution >= 0.6 is 15.9 Å². The van der Waals surface area contributed by atoms with Crippen molar-refractivity contribution in [2.75, 3.05) is 39.4 Å². The Balaban J connectivity index is 1.53. The molecule has 1 saturated heterocycles. The molecule has 0 radical (unpaired) electrons. The van der Waals surface area contributed by atoms with E-state index in [1.807, 2.05) is 43.3 Å². The van der Waals surface area contributed by atoms with E-state index in [0.717, 1.165) is 54.9 Å². The van der Waals surface area contributed by atoms with Crippen LogP contribution in [0.1, 0.15) is 39.7 Å². The number of ether oxygens (including phenoxy) is 1. The monoisotopic (exact) mass is 496 g/mol. The first-order valence-electron chi connectivity index (χ1n) is 11.0. The molecule has 32 heavy (non-hydrogen) atoms. The van der Waals surface area contributed by atoms with Crippen molar-refractivity contribution in [1.29, 1.82) is 0 Å². The van der Waals surface area contributed by atoms with Crippen LogP contribution in [0.25, 0.3) is 11.0 Å². The molecule has 0 N–H and O–H groups in total. The number of halogens is 1. The smallest absolute Gasteiger partial charge is 0.290 e. The molecule has 6 nitrogen and oxygen atoms in total. The van der Waals surface area contributed by atoms with Crippen molar-refractivity contribution in [3.05, 3.63) is 79.6 Å². The van der Waals surface area contributed by atoms with E-state index in [2.05, 4.69) is 20.8 Å². The number of benzene rings is 2. The van der Waals surface area contributed by atoms with Gasteiger partial charge in [0.05, 0.1) is 30.2 Å². The van der Waals surface area contributed by atoms with Gasteiger partial charge in [0.2, 0.25) is 5.76 Å². The Morgan fingerprint density at radius 1 is 1.03 bits per heavy atom. The average Bonchev–Trinajstić information content (AvgIpc) is 3.08. The van der Waals surface area contributed by atoms with Crippen molar-refractivity contribution >= 4 is 32.8 Å². The number of amides is 1. The van der Waals surface area contributed by atoms with Gasteiger partial charge in [0.1, 0.15) is 5.58 Å². The lowest BCUT2D eigenvalue weighted by Gasteiger charge is -2.29. The molecule has 166 valence electrons. The summed E-state index contributed by atoms with van der Waals surface area (Å²) >= 11 is 3.48. The fourth-order valence-electron chi connectivity index (χ4n) is 4.65. The van der Waals surface area contributed by atoms with Gasteiger partial charge in [-0.25, -0.2) is 0 Å². The summed E-state index contributed by atoms with van der Waals surface area (Å²) in [5.74, 6) is -0.0416. The van der Waals surface area contributed by atoms with Crippen LogP contribution in [0.3, 0.4) is 0 Å². The third kappa shape index (κ3) is 3.89. The van der Waals surface area contributed by atoms with Crippen LogP contribution in [-0.2, 0) is 4.74 Å². The quantitative estimate of drug-likeness (QED) is 0.531. The number of rotatable bonds is 5. The first kappa shape index (κ1) is 21.4. The lowest BCUT2D eigenvalue weighted by Crippen LogP contribution is -2.38. The van der Waals surface area contributed by atoms with Crippen LogP contribution in [0.4, 0.5) is 0 Å². The predicted octanol–water partition coefficient (Wildman–Crippen LogP) is 4.13. The minimum absolute atomic E-state index is 0.123. The van der Waals surface area contributed by atoms with Crippen LogP contribution in [0.5, 0.6) is 0 Å². The summed E-state index contributed by atoms with van der Waals surface area (Å²) in [6.07, 6.45) is 0.819. The molecule has 7 heteroatoms. The van der Waals surface area contributed by atoms with Crippen molar-refractivity contribution < 1.29 is 13.9 Å². The van der Waals surface area contributed by atoms with Crippen molar-refractivity contribution in [2.24, 2.45) is 0 Å². The molecule has 1 aromatic heterocycles. The zero-order chi connectivity index (χ0) is 22.2. The van der Waals surface area contributed by atoms with Crippen LogP contribution < -0.4 is 5.43 Å². The second kappa shape index (κ2) is 8.81. The predicted molar refractivity (Wildman–Crippen MR) is 126 cm³/mol. The highest BCUT2D eigenvalue weighted by molar-refractivity contribution is 9.10. The van der Waals surface area contributed by atoms with Crippen LogP contribution in [0.15, 0.2) is 56.1 Å². The van der Waals surface area contributed by atoms with E-state index in [1.54, 1.807) is 11.0 Å². The summed E-state index contributed by atoms with van der Waals surface area (Å²) in [6.45, 7) is 6.71. The lowest BCUT2D eigenvalue weighted by atomic mass is 9.98. The third-order valence-corrected chi connectivity index (χ3v) is 6.81. The Morgan fingerprint density at radius 3 is 2.53 bits per heavy atom. The van der Waals surface area contributed by atoms with Gasteiger partial charge in [-0.2, -0.15) is 0 Å². The summed E-state index contributed by atoms with van der Waals surface area (Å²) in [5, 5.41) is 0.522.